The van der Waals surface area contributed by atoms with E-state index in [1.807, 2.05) is 39.0 Å². The van der Waals surface area contributed by atoms with Gasteiger partial charge in [-0.15, -0.1) is 0 Å². The van der Waals surface area contributed by atoms with E-state index in [9.17, 15) is 4.79 Å². The second kappa shape index (κ2) is 5.58. The molecule has 2 rings (SSSR count). The number of hydrogen-bond donors (Lipinski definition) is 1. The number of carbonyl (C=O) groups is 1. The molecule has 108 valence electrons. The monoisotopic (exact) mass is 339 g/mol. The highest BCUT2D eigenvalue weighted by molar-refractivity contribution is 9.10. The van der Waals surface area contributed by atoms with Gasteiger partial charge in [0, 0.05) is 22.7 Å². The van der Waals surface area contributed by atoms with Crippen LogP contribution in [0, 0.1) is 0 Å². The molecule has 1 aromatic heterocycles. The lowest BCUT2D eigenvalue weighted by Crippen LogP contribution is -2.26. The van der Waals surface area contributed by atoms with Crippen molar-refractivity contribution in [1.82, 2.24) is 4.57 Å². The first kappa shape index (κ1) is 15.1. The summed E-state index contributed by atoms with van der Waals surface area (Å²) in [4.78, 5) is 12.3. The Morgan fingerprint density at radius 2 is 2.10 bits per heavy atom. The molecule has 0 atom stereocenters. The first-order valence-electron chi connectivity index (χ1n) is 6.45. The Kier molecular flexibility index (Phi) is 4.20. The van der Waals surface area contributed by atoms with Crippen molar-refractivity contribution in [3.63, 3.8) is 0 Å². The van der Waals surface area contributed by atoms with Gasteiger partial charge in [-0.05, 0) is 44.9 Å². The molecule has 1 heterocycles. The van der Waals surface area contributed by atoms with E-state index in [0.717, 1.165) is 20.9 Å². The molecular formula is C15H18BrNO3. The number of nitrogens with zero attached hydrogens (tertiary/aromatic N) is 1. The van der Waals surface area contributed by atoms with Crippen molar-refractivity contribution >= 4 is 32.9 Å². The second-order valence-electron chi connectivity index (χ2n) is 5.64. The summed E-state index contributed by atoms with van der Waals surface area (Å²) in [6.45, 7) is 5.55. The third kappa shape index (κ3) is 3.22. The van der Waals surface area contributed by atoms with Gasteiger partial charge in [0.1, 0.15) is 5.60 Å². The van der Waals surface area contributed by atoms with Crippen LogP contribution in [-0.2, 0) is 11.2 Å². The Labute approximate surface area is 126 Å². The minimum absolute atomic E-state index is 0.0451. The molecule has 0 spiro atoms. The summed E-state index contributed by atoms with van der Waals surface area (Å²) in [7, 11) is 0. The molecular weight excluding hydrogens is 322 g/mol. The number of ether oxygens (including phenoxy) is 1. The molecule has 1 N–H and O–H groups in total. The Morgan fingerprint density at radius 1 is 1.40 bits per heavy atom. The second-order valence-corrected chi connectivity index (χ2v) is 6.56. The van der Waals surface area contributed by atoms with Crippen molar-refractivity contribution in [3.05, 3.63) is 34.4 Å². The molecule has 0 radical (unpaired) electrons. The highest BCUT2D eigenvalue weighted by atomic mass is 79.9. The molecule has 20 heavy (non-hydrogen) atoms. The zero-order valence-electron chi connectivity index (χ0n) is 11.8. The molecule has 2 aromatic rings. The summed E-state index contributed by atoms with van der Waals surface area (Å²) in [5.74, 6) is 0. The number of aliphatic hydroxyl groups excluding tert-OH is 1. The van der Waals surface area contributed by atoms with Gasteiger partial charge in [-0.1, -0.05) is 22.0 Å². The molecule has 0 aliphatic rings. The Balaban J connectivity index is 2.52. The Hall–Kier alpha value is -1.33. The van der Waals surface area contributed by atoms with Crippen molar-refractivity contribution in [1.29, 1.82) is 0 Å². The predicted molar refractivity (Wildman–Crippen MR) is 82.1 cm³/mol. The van der Waals surface area contributed by atoms with Crippen molar-refractivity contribution in [2.24, 2.45) is 0 Å². The molecule has 0 amide bonds. The summed E-state index contributed by atoms with van der Waals surface area (Å²) in [6.07, 6.45) is 1.83. The highest BCUT2D eigenvalue weighted by Gasteiger charge is 2.20. The average molecular weight is 340 g/mol. The van der Waals surface area contributed by atoms with E-state index in [-0.39, 0.29) is 6.61 Å². The van der Waals surface area contributed by atoms with Gasteiger partial charge in [0.2, 0.25) is 0 Å². The van der Waals surface area contributed by atoms with Gasteiger partial charge in [0.05, 0.1) is 5.52 Å². The average Bonchev–Trinajstić information content (AvgIpc) is 2.66. The van der Waals surface area contributed by atoms with Crippen LogP contribution in [0.15, 0.2) is 28.9 Å². The maximum Gasteiger partial charge on any atom is 0.419 e. The van der Waals surface area contributed by atoms with Gasteiger partial charge in [-0.2, -0.15) is 0 Å². The number of hydrogen-bond acceptors (Lipinski definition) is 3. The predicted octanol–water partition coefficient (Wildman–Crippen LogP) is 3.72. The fourth-order valence-corrected chi connectivity index (χ4v) is 2.40. The molecule has 0 unspecified atom stereocenters. The first-order valence-corrected chi connectivity index (χ1v) is 7.25. The molecule has 0 saturated heterocycles. The topological polar surface area (TPSA) is 51.5 Å². The van der Waals surface area contributed by atoms with Gasteiger partial charge < -0.3 is 9.84 Å². The molecule has 0 saturated carbocycles. The SMILES string of the molecule is CC(C)(C)OC(=O)n1cc(CCO)c2ccc(Br)cc21. The third-order valence-electron chi connectivity index (χ3n) is 2.82. The van der Waals surface area contributed by atoms with Crippen LogP contribution in [-0.4, -0.2) is 28.0 Å². The van der Waals surface area contributed by atoms with Crippen LogP contribution >= 0.6 is 15.9 Å². The largest absolute Gasteiger partial charge is 0.443 e. The van der Waals surface area contributed by atoms with Crippen molar-refractivity contribution < 1.29 is 14.6 Å². The van der Waals surface area contributed by atoms with Crippen LogP contribution in [0.5, 0.6) is 0 Å². The van der Waals surface area contributed by atoms with E-state index in [4.69, 9.17) is 9.84 Å². The number of aliphatic hydroxyl groups is 1. The van der Waals surface area contributed by atoms with Crippen molar-refractivity contribution in [2.45, 2.75) is 32.8 Å². The fraction of sp³-hybridized carbons (Fsp3) is 0.400. The number of aromatic nitrogens is 1. The van der Waals surface area contributed by atoms with Gasteiger partial charge >= 0.3 is 6.09 Å². The van der Waals surface area contributed by atoms with E-state index < -0.39 is 11.7 Å². The molecule has 5 heteroatoms. The molecule has 4 nitrogen and oxygen atoms in total. The number of carbonyl (C=O) groups excluding carboxylic acids is 1. The summed E-state index contributed by atoms with van der Waals surface area (Å²) in [5, 5.41) is 10.1. The van der Waals surface area contributed by atoms with Crippen LogP contribution in [0.4, 0.5) is 4.79 Å². The number of fused-ring (bicyclic) bond motifs is 1. The van der Waals surface area contributed by atoms with Crippen LogP contribution in [0.1, 0.15) is 26.3 Å². The van der Waals surface area contributed by atoms with Gasteiger partial charge in [-0.3, -0.25) is 4.57 Å². The molecule has 1 aromatic carbocycles. The molecule has 0 aliphatic heterocycles. The Bertz CT molecular complexity index is 640. The number of halogens is 1. The standard InChI is InChI=1S/C15H18BrNO3/c1-15(2,3)20-14(19)17-9-10(6-7-18)12-5-4-11(16)8-13(12)17/h4-5,8-9,18H,6-7H2,1-3H3. The van der Waals surface area contributed by atoms with E-state index in [2.05, 4.69) is 15.9 Å². The molecule has 0 fully saturated rings. The summed E-state index contributed by atoms with van der Waals surface area (Å²) in [6, 6.07) is 5.73. The summed E-state index contributed by atoms with van der Waals surface area (Å²) >= 11 is 3.41. The minimum Gasteiger partial charge on any atom is -0.443 e. The smallest absolute Gasteiger partial charge is 0.419 e. The van der Waals surface area contributed by atoms with Crippen molar-refractivity contribution in [2.75, 3.05) is 6.61 Å². The van der Waals surface area contributed by atoms with E-state index in [1.54, 1.807) is 6.20 Å². The lowest BCUT2D eigenvalue weighted by molar-refractivity contribution is 0.0544. The van der Waals surface area contributed by atoms with Gasteiger partial charge in [-0.25, -0.2) is 4.79 Å². The summed E-state index contributed by atoms with van der Waals surface area (Å²) in [5.41, 5.74) is 1.16. The van der Waals surface area contributed by atoms with E-state index >= 15 is 0 Å². The zero-order chi connectivity index (χ0) is 14.9. The number of rotatable bonds is 2. The van der Waals surface area contributed by atoms with Crippen LogP contribution in [0.25, 0.3) is 10.9 Å². The lowest BCUT2D eigenvalue weighted by Gasteiger charge is -2.19. The van der Waals surface area contributed by atoms with Gasteiger partial charge in [0.25, 0.3) is 0 Å². The normalized spacial score (nSPS) is 11.8. The van der Waals surface area contributed by atoms with Crippen LogP contribution in [0.2, 0.25) is 0 Å². The summed E-state index contributed by atoms with van der Waals surface area (Å²) < 4.78 is 7.80. The molecule has 0 aliphatic carbocycles. The maximum absolute atomic E-state index is 12.3. The number of benzene rings is 1. The van der Waals surface area contributed by atoms with Crippen LogP contribution < -0.4 is 0 Å². The van der Waals surface area contributed by atoms with Crippen molar-refractivity contribution in [3.8, 4) is 0 Å². The molecule has 0 bridgehead atoms. The van der Waals surface area contributed by atoms with Crippen LogP contribution in [0.3, 0.4) is 0 Å². The fourth-order valence-electron chi connectivity index (χ4n) is 2.05. The third-order valence-corrected chi connectivity index (χ3v) is 3.31. The van der Waals surface area contributed by atoms with E-state index in [1.165, 1.54) is 4.57 Å². The minimum atomic E-state index is -0.545. The lowest BCUT2D eigenvalue weighted by atomic mass is 10.1. The highest BCUT2D eigenvalue weighted by Crippen LogP contribution is 2.26. The zero-order valence-corrected chi connectivity index (χ0v) is 13.4. The van der Waals surface area contributed by atoms with E-state index in [0.29, 0.717) is 6.42 Å². The maximum atomic E-state index is 12.3. The Morgan fingerprint density at radius 3 is 2.70 bits per heavy atom. The quantitative estimate of drug-likeness (QED) is 0.906. The first-order chi connectivity index (χ1) is 9.31. The van der Waals surface area contributed by atoms with Gasteiger partial charge in [0.15, 0.2) is 0 Å².